The summed E-state index contributed by atoms with van der Waals surface area (Å²) in [7, 11) is 0. The first-order chi connectivity index (χ1) is 11.7. The highest BCUT2D eigenvalue weighted by molar-refractivity contribution is 7.12. The third-order valence-electron chi connectivity index (χ3n) is 3.34. The summed E-state index contributed by atoms with van der Waals surface area (Å²) in [6, 6.07) is 11.0. The molecule has 7 heteroatoms. The van der Waals surface area contributed by atoms with Crippen molar-refractivity contribution < 1.29 is 9.59 Å². The van der Waals surface area contributed by atoms with Crippen LogP contribution in [0.15, 0.2) is 60.5 Å². The highest BCUT2D eigenvalue weighted by Crippen LogP contribution is 2.13. The largest absolute Gasteiger partial charge is 0.351 e. The van der Waals surface area contributed by atoms with E-state index in [0.29, 0.717) is 17.1 Å². The maximum atomic E-state index is 11.9. The molecule has 2 N–H and O–H groups in total. The smallest absolute Gasteiger partial charge is 0.261 e. The molecule has 0 aliphatic carbocycles. The van der Waals surface area contributed by atoms with Crippen LogP contribution in [0.25, 0.3) is 5.69 Å². The van der Waals surface area contributed by atoms with Gasteiger partial charge in [-0.2, -0.15) is 0 Å². The molecule has 0 spiro atoms. The van der Waals surface area contributed by atoms with Crippen LogP contribution < -0.4 is 10.6 Å². The Labute approximate surface area is 143 Å². The maximum Gasteiger partial charge on any atom is 0.261 e. The topological polar surface area (TPSA) is 76.0 Å². The Morgan fingerprint density at radius 1 is 1.17 bits per heavy atom. The fourth-order valence-electron chi connectivity index (χ4n) is 2.14. The highest BCUT2D eigenvalue weighted by Gasteiger charge is 2.07. The van der Waals surface area contributed by atoms with Gasteiger partial charge >= 0.3 is 0 Å². The fourth-order valence-corrected chi connectivity index (χ4v) is 2.78. The van der Waals surface area contributed by atoms with Crippen LogP contribution in [0.1, 0.15) is 16.1 Å². The Balaban J connectivity index is 1.46. The minimum absolute atomic E-state index is 0.142. The Morgan fingerprint density at radius 3 is 2.67 bits per heavy atom. The van der Waals surface area contributed by atoms with Crippen LogP contribution in [-0.4, -0.2) is 27.9 Å². The van der Waals surface area contributed by atoms with Crippen molar-refractivity contribution in [2.45, 2.75) is 6.42 Å². The van der Waals surface area contributed by atoms with E-state index in [2.05, 4.69) is 15.6 Å². The van der Waals surface area contributed by atoms with Gasteiger partial charge < -0.3 is 15.2 Å². The number of aromatic nitrogens is 2. The molecule has 2 aromatic heterocycles. The normalized spacial score (nSPS) is 10.3. The van der Waals surface area contributed by atoms with Gasteiger partial charge in [0.1, 0.15) is 0 Å². The van der Waals surface area contributed by atoms with Gasteiger partial charge in [0.2, 0.25) is 5.91 Å². The number of rotatable bonds is 6. The van der Waals surface area contributed by atoms with Gasteiger partial charge in [-0.05, 0) is 35.7 Å². The molecule has 0 atom stereocenters. The molecule has 2 amide bonds. The molecule has 1 aromatic carbocycles. The average molecular weight is 340 g/mol. The molecule has 3 rings (SSSR count). The Bertz CT molecular complexity index is 796. The van der Waals surface area contributed by atoms with Crippen molar-refractivity contribution in [1.82, 2.24) is 14.9 Å². The Kier molecular flexibility index (Phi) is 5.02. The number of hydrogen-bond acceptors (Lipinski definition) is 4. The molecular weight excluding hydrogens is 324 g/mol. The molecule has 122 valence electrons. The molecule has 3 aromatic rings. The van der Waals surface area contributed by atoms with E-state index in [4.69, 9.17) is 0 Å². The lowest BCUT2D eigenvalue weighted by Gasteiger charge is -2.07. The van der Waals surface area contributed by atoms with Gasteiger partial charge in [0.05, 0.1) is 11.2 Å². The van der Waals surface area contributed by atoms with Gasteiger partial charge in [-0.25, -0.2) is 4.98 Å². The number of thiophene rings is 1. The molecule has 0 aliphatic rings. The van der Waals surface area contributed by atoms with Gasteiger partial charge in [-0.1, -0.05) is 6.07 Å². The van der Waals surface area contributed by atoms with Crippen molar-refractivity contribution in [2.75, 3.05) is 11.9 Å². The number of benzene rings is 1. The second kappa shape index (κ2) is 7.56. The van der Waals surface area contributed by atoms with Crippen molar-refractivity contribution in [1.29, 1.82) is 0 Å². The maximum absolute atomic E-state index is 11.9. The van der Waals surface area contributed by atoms with Crippen LogP contribution in [0.3, 0.4) is 0 Å². The zero-order valence-corrected chi connectivity index (χ0v) is 13.6. The molecule has 0 saturated carbocycles. The van der Waals surface area contributed by atoms with Crippen LogP contribution in [0, 0.1) is 0 Å². The molecule has 0 radical (unpaired) electrons. The summed E-state index contributed by atoms with van der Waals surface area (Å²) in [6.45, 7) is 0.301. The first-order valence-electron chi connectivity index (χ1n) is 7.42. The lowest BCUT2D eigenvalue weighted by Crippen LogP contribution is -2.27. The lowest BCUT2D eigenvalue weighted by atomic mass is 10.2. The molecular formula is C17H16N4O2S. The van der Waals surface area contributed by atoms with E-state index in [9.17, 15) is 9.59 Å². The first-order valence-corrected chi connectivity index (χ1v) is 8.30. The van der Waals surface area contributed by atoms with Crippen LogP contribution in [-0.2, 0) is 4.79 Å². The van der Waals surface area contributed by atoms with Gasteiger partial charge in [0.25, 0.3) is 5.91 Å². The summed E-state index contributed by atoms with van der Waals surface area (Å²) < 4.78 is 1.88. The van der Waals surface area contributed by atoms with Crippen LogP contribution in [0.2, 0.25) is 0 Å². The third kappa shape index (κ3) is 4.08. The van der Waals surface area contributed by atoms with E-state index < -0.39 is 0 Å². The van der Waals surface area contributed by atoms with Crippen LogP contribution in [0.5, 0.6) is 0 Å². The van der Waals surface area contributed by atoms with Gasteiger partial charge in [0, 0.05) is 36.7 Å². The zero-order valence-electron chi connectivity index (χ0n) is 12.8. The zero-order chi connectivity index (χ0) is 16.8. The highest BCUT2D eigenvalue weighted by atomic mass is 32.1. The number of nitrogens with zero attached hydrogens (tertiary/aromatic N) is 2. The number of carbonyl (C=O) groups is 2. The molecule has 0 fully saturated rings. The van der Waals surface area contributed by atoms with Crippen molar-refractivity contribution in [3.05, 3.63) is 65.4 Å². The molecule has 0 saturated heterocycles. The first kappa shape index (κ1) is 15.9. The second-order valence-electron chi connectivity index (χ2n) is 5.05. The summed E-state index contributed by atoms with van der Waals surface area (Å²) in [4.78, 5) is 28.3. The number of hydrogen-bond donors (Lipinski definition) is 2. The van der Waals surface area contributed by atoms with E-state index >= 15 is 0 Å². The standard InChI is InChI=1S/C17H16N4O2S/c22-16(7-8-19-17(23)15-2-1-11-24-15)20-13-3-5-14(6-4-13)21-10-9-18-12-21/h1-6,9-12H,7-8H2,(H,19,23)(H,20,22). The molecule has 24 heavy (non-hydrogen) atoms. The fraction of sp³-hybridized carbons (Fsp3) is 0.118. The molecule has 0 bridgehead atoms. The summed E-state index contributed by atoms with van der Waals surface area (Å²) >= 11 is 1.37. The minimum atomic E-state index is -0.150. The van der Waals surface area contributed by atoms with Crippen molar-refractivity contribution in [2.24, 2.45) is 0 Å². The third-order valence-corrected chi connectivity index (χ3v) is 4.20. The number of anilines is 1. The molecule has 2 heterocycles. The van der Waals surface area contributed by atoms with E-state index in [1.165, 1.54) is 11.3 Å². The molecule has 0 unspecified atom stereocenters. The number of carbonyl (C=O) groups excluding carboxylic acids is 2. The second-order valence-corrected chi connectivity index (χ2v) is 6.00. The van der Waals surface area contributed by atoms with Gasteiger partial charge in [-0.3, -0.25) is 9.59 Å². The quantitative estimate of drug-likeness (QED) is 0.724. The Hall–Kier alpha value is -2.93. The molecule has 0 aliphatic heterocycles. The number of nitrogens with one attached hydrogen (secondary N) is 2. The van der Waals surface area contributed by atoms with Crippen molar-refractivity contribution in [3.8, 4) is 5.69 Å². The number of amides is 2. The predicted octanol–water partition coefficient (Wildman–Crippen LogP) is 2.69. The van der Waals surface area contributed by atoms with E-state index in [1.807, 2.05) is 46.5 Å². The summed E-state index contributed by atoms with van der Waals surface area (Å²) in [5.41, 5.74) is 1.68. The summed E-state index contributed by atoms with van der Waals surface area (Å²) in [5.74, 6) is -0.292. The Morgan fingerprint density at radius 2 is 2.00 bits per heavy atom. The van der Waals surface area contributed by atoms with Crippen LogP contribution >= 0.6 is 11.3 Å². The monoisotopic (exact) mass is 340 g/mol. The van der Waals surface area contributed by atoms with Crippen molar-refractivity contribution in [3.63, 3.8) is 0 Å². The SMILES string of the molecule is O=C(CCNC(=O)c1cccs1)Nc1ccc(-n2ccnc2)cc1. The van der Waals surface area contributed by atoms with Crippen molar-refractivity contribution >= 4 is 28.8 Å². The summed E-state index contributed by atoms with van der Waals surface area (Å²) in [5, 5.41) is 7.38. The predicted molar refractivity (Wildman–Crippen MR) is 93.5 cm³/mol. The van der Waals surface area contributed by atoms with E-state index in [1.54, 1.807) is 18.6 Å². The van der Waals surface area contributed by atoms with Gasteiger partial charge in [-0.15, -0.1) is 11.3 Å². The van der Waals surface area contributed by atoms with Gasteiger partial charge in [0.15, 0.2) is 0 Å². The van der Waals surface area contributed by atoms with Crippen LogP contribution in [0.4, 0.5) is 5.69 Å². The minimum Gasteiger partial charge on any atom is -0.351 e. The lowest BCUT2D eigenvalue weighted by molar-refractivity contribution is -0.116. The van der Waals surface area contributed by atoms with E-state index in [0.717, 1.165) is 5.69 Å². The molecule has 6 nitrogen and oxygen atoms in total. The average Bonchev–Trinajstić information content (AvgIpc) is 3.29. The number of imidazole rings is 1. The summed E-state index contributed by atoms with van der Waals surface area (Å²) in [6.07, 6.45) is 5.49. The van der Waals surface area contributed by atoms with E-state index in [-0.39, 0.29) is 18.2 Å².